The van der Waals surface area contributed by atoms with E-state index >= 15 is 0 Å². The van der Waals surface area contributed by atoms with E-state index < -0.39 is 28.5 Å². The maximum Gasteiger partial charge on any atom is 0.264 e. The summed E-state index contributed by atoms with van der Waals surface area (Å²) >= 11 is 12.4. The summed E-state index contributed by atoms with van der Waals surface area (Å²) in [7, 11) is -1.45. The molecule has 0 aliphatic rings. The second-order valence-corrected chi connectivity index (χ2v) is 13.6. The molecule has 0 spiro atoms. The Morgan fingerprint density at radius 3 is 2.07 bits per heavy atom. The Labute approximate surface area is 270 Å². The standard InChI is InChI=1S/C32H39Cl2N3O6S/c1-20(2)17-35-32(39)23(5)36(18-24-8-10-27(33)28(34)15-24)31(38)19-37(25-13-21(3)12-22(4)14-25)44(40,41)26-9-11-29(42-6)30(16-26)43-7/h8-16,20,23H,17-19H2,1-7H3,(H,35,39). The number of amides is 2. The first-order chi connectivity index (χ1) is 20.7. The number of nitrogens with one attached hydrogen (secondary N) is 1. The first kappa shape index (κ1) is 35.0. The molecule has 1 atom stereocenters. The summed E-state index contributed by atoms with van der Waals surface area (Å²) in [5.74, 6) is -0.192. The monoisotopic (exact) mass is 663 g/mol. The lowest BCUT2D eigenvalue weighted by molar-refractivity contribution is -0.139. The first-order valence-electron chi connectivity index (χ1n) is 14.0. The summed E-state index contributed by atoms with van der Waals surface area (Å²) in [6.45, 7) is 9.05. The van der Waals surface area contributed by atoms with Crippen molar-refractivity contribution in [2.45, 2.75) is 52.1 Å². The molecule has 0 aliphatic heterocycles. The van der Waals surface area contributed by atoms with Crippen LogP contribution in [0.3, 0.4) is 0 Å². The molecule has 2 amide bonds. The minimum Gasteiger partial charge on any atom is -0.493 e. The second-order valence-electron chi connectivity index (χ2n) is 11.0. The number of hydrogen-bond donors (Lipinski definition) is 1. The number of nitrogens with zero attached hydrogens (tertiary/aromatic N) is 2. The van der Waals surface area contributed by atoms with Crippen LogP contribution in [0, 0.1) is 19.8 Å². The van der Waals surface area contributed by atoms with Gasteiger partial charge in [0.05, 0.1) is 34.8 Å². The van der Waals surface area contributed by atoms with Gasteiger partial charge in [0, 0.05) is 19.2 Å². The van der Waals surface area contributed by atoms with Crippen molar-refractivity contribution in [3.8, 4) is 11.5 Å². The van der Waals surface area contributed by atoms with E-state index in [-0.39, 0.29) is 29.0 Å². The summed E-state index contributed by atoms with van der Waals surface area (Å²) in [4.78, 5) is 28.6. The van der Waals surface area contributed by atoms with Gasteiger partial charge in [-0.2, -0.15) is 0 Å². The minimum atomic E-state index is -4.32. The molecule has 9 nitrogen and oxygen atoms in total. The predicted octanol–water partition coefficient (Wildman–Crippen LogP) is 6.01. The van der Waals surface area contributed by atoms with Crippen LogP contribution in [-0.2, 0) is 26.2 Å². The fourth-order valence-corrected chi connectivity index (χ4v) is 6.33. The van der Waals surface area contributed by atoms with Crippen LogP contribution in [0.15, 0.2) is 59.5 Å². The van der Waals surface area contributed by atoms with Crippen molar-refractivity contribution in [2.75, 3.05) is 31.6 Å². The van der Waals surface area contributed by atoms with Crippen molar-refractivity contribution in [2.24, 2.45) is 5.92 Å². The van der Waals surface area contributed by atoms with Crippen molar-refractivity contribution >= 4 is 50.7 Å². The zero-order chi connectivity index (χ0) is 32.8. The minimum absolute atomic E-state index is 0.0108. The van der Waals surface area contributed by atoms with E-state index in [1.54, 1.807) is 37.3 Å². The Balaban J connectivity index is 2.11. The van der Waals surface area contributed by atoms with Crippen LogP contribution in [0.2, 0.25) is 10.0 Å². The average molecular weight is 665 g/mol. The molecule has 0 heterocycles. The number of benzene rings is 3. The fraction of sp³-hybridized carbons (Fsp3) is 0.375. The van der Waals surface area contributed by atoms with Crippen molar-refractivity contribution < 1.29 is 27.5 Å². The quantitative estimate of drug-likeness (QED) is 0.240. The Hall–Kier alpha value is -3.47. The van der Waals surface area contributed by atoms with Gasteiger partial charge in [0.2, 0.25) is 11.8 Å². The van der Waals surface area contributed by atoms with E-state index in [4.69, 9.17) is 32.7 Å². The summed E-state index contributed by atoms with van der Waals surface area (Å²) in [6, 6.07) is 13.5. The largest absolute Gasteiger partial charge is 0.493 e. The molecule has 0 aliphatic carbocycles. The summed E-state index contributed by atoms with van der Waals surface area (Å²) < 4.78 is 40.2. The third kappa shape index (κ3) is 8.58. The molecule has 238 valence electrons. The molecule has 0 saturated heterocycles. The van der Waals surface area contributed by atoms with Gasteiger partial charge in [0.1, 0.15) is 12.6 Å². The van der Waals surface area contributed by atoms with Crippen LogP contribution in [0.25, 0.3) is 0 Å². The molecule has 0 radical (unpaired) electrons. The molecule has 0 saturated carbocycles. The van der Waals surface area contributed by atoms with Crippen LogP contribution in [-0.4, -0.2) is 58.5 Å². The van der Waals surface area contributed by atoms with E-state index in [1.165, 1.54) is 37.3 Å². The van der Waals surface area contributed by atoms with Gasteiger partial charge in [-0.1, -0.05) is 49.2 Å². The van der Waals surface area contributed by atoms with Gasteiger partial charge < -0.3 is 19.7 Å². The topological polar surface area (TPSA) is 105 Å². The number of carbonyl (C=O) groups is 2. The van der Waals surface area contributed by atoms with Gasteiger partial charge in [0.15, 0.2) is 11.5 Å². The average Bonchev–Trinajstić information content (AvgIpc) is 2.97. The highest BCUT2D eigenvalue weighted by molar-refractivity contribution is 7.92. The van der Waals surface area contributed by atoms with Crippen LogP contribution in [0.1, 0.15) is 37.5 Å². The third-order valence-corrected chi connectivity index (χ3v) is 9.41. The predicted molar refractivity (Wildman–Crippen MR) is 174 cm³/mol. The Morgan fingerprint density at radius 1 is 0.864 bits per heavy atom. The zero-order valence-corrected chi connectivity index (χ0v) is 28.3. The van der Waals surface area contributed by atoms with Crippen LogP contribution in [0.4, 0.5) is 5.69 Å². The number of aryl methyl sites for hydroxylation is 2. The summed E-state index contributed by atoms with van der Waals surface area (Å²) in [5.41, 5.74) is 2.55. The first-order valence-corrected chi connectivity index (χ1v) is 16.2. The Kier molecular flexibility index (Phi) is 11.9. The van der Waals surface area contributed by atoms with Crippen molar-refractivity contribution in [3.05, 3.63) is 81.3 Å². The van der Waals surface area contributed by atoms with Gasteiger partial charge in [0.25, 0.3) is 10.0 Å². The molecule has 0 fully saturated rings. The van der Waals surface area contributed by atoms with Crippen LogP contribution < -0.4 is 19.1 Å². The smallest absolute Gasteiger partial charge is 0.264 e. The fourth-order valence-electron chi connectivity index (χ4n) is 4.60. The van der Waals surface area contributed by atoms with Gasteiger partial charge in [-0.3, -0.25) is 13.9 Å². The molecule has 3 aromatic carbocycles. The molecule has 3 aromatic rings. The summed E-state index contributed by atoms with van der Waals surface area (Å²) in [6.07, 6.45) is 0. The number of sulfonamides is 1. The SMILES string of the molecule is COc1ccc(S(=O)(=O)N(CC(=O)N(Cc2ccc(Cl)c(Cl)c2)C(C)C(=O)NCC(C)C)c2cc(C)cc(C)c2)cc1OC. The molecule has 0 bridgehead atoms. The van der Waals surface area contributed by atoms with E-state index in [2.05, 4.69) is 5.32 Å². The lowest BCUT2D eigenvalue weighted by atomic mass is 10.1. The van der Waals surface area contributed by atoms with Crippen LogP contribution >= 0.6 is 23.2 Å². The maximum atomic E-state index is 14.3. The van der Waals surface area contributed by atoms with Gasteiger partial charge in [-0.25, -0.2) is 8.42 Å². The van der Waals surface area contributed by atoms with Gasteiger partial charge in [-0.05, 0) is 79.8 Å². The highest BCUT2D eigenvalue weighted by Gasteiger charge is 2.33. The van der Waals surface area contributed by atoms with E-state index in [0.29, 0.717) is 33.6 Å². The highest BCUT2D eigenvalue weighted by atomic mass is 35.5. The van der Waals surface area contributed by atoms with Gasteiger partial charge in [-0.15, -0.1) is 0 Å². The Bertz CT molecular complexity index is 1590. The van der Waals surface area contributed by atoms with Crippen LogP contribution in [0.5, 0.6) is 11.5 Å². The normalized spacial score (nSPS) is 12.0. The molecular formula is C32H39Cl2N3O6S. The lowest BCUT2D eigenvalue weighted by Gasteiger charge is -2.32. The maximum absolute atomic E-state index is 14.3. The molecule has 0 aromatic heterocycles. The van der Waals surface area contributed by atoms with E-state index in [1.807, 2.05) is 33.8 Å². The molecule has 1 unspecified atom stereocenters. The number of rotatable bonds is 13. The van der Waals surface area contributed by atoms with Crippen molar-refractivity contribution in [1.29, 1.82) is 0 Å². The van der Waals surface area contributed by atoms with Crippen molar-refractivity contribution in [3.63, 3.8) is 0 Å². The number of methoxy groups -OCH3 is 2. The highest BCUT2D eigenvalue weighted by Crippen LogP contribution is 2.33. The molecule has 1 N–H and O–H groups in total. The molecule has 3 rings (SSSR count). The van der Waals surface area contributed by atoms with E-state index in [0.717, 1.165) is 15.4 Å². The number of hydrogen-bond acceptors (Lipinski definition) is 6. The second kappa shape index (κ2) is 15.0. The van der Waals surface area contributed by atoms with Gasteiger partial charge >= 0.3 is 0 Å². The number of carbonyl (C=O) groups excluding carboxylic acids is 2. The summed E-state index contributed by atoms with van der Waals surface area (Å²) in [5, 5.41) is 3.50. The number of anilines is 1. The van der Waals surface area contributed by atoms with Crippen molar-refractivity contribution in [1.82, 2.24) is 10.2 Å². The number of halogens is 2. The Morgan fingerprint density at radius 2 is 1.50 bits per heavy atom. The molecule has 12 heteroatoms. The molecular weight excluding hydrogens is 625 g/mol. The molecule has 44 heavy (non-hydrogen) atoms. The number of ether oxygens (including phenoxy) is 2. The zero-order valence-electron chi connectivity index (χ0n) is 26.0. The van der Waals surface area contributed by atoms with E-state index in [9.17, 15) is 18.0 Å². The lowest BCUT2D eigenvalue weighted by Crippen LogP contribution is -2.51. The third-order valence-electron chi connectivity index (χ3n) is 6.91.